The number of hydrogen-bond acceptors (Lipinski definition) is 4. The van der Waals surface area contributed by atoms with Crippen LogP contribution in [0, 0.1) is 0 Å². The number of halogens is 2. The summed E-state index contributed by atoms with van der Waals surface area (Å²) >= 11 is 3.31. The van der Waals surface area contributed by atoms with Gasteiger partial charge in [-0.15, -0.1) is 12.4 Å². The van der Waals surface area contributed by atoms with Gasteiger partial charge in [-0.2, -0.15) is 0 Å². The minimum absolute atomic E-state index is 0. The number of methoxy groups -OCH3 is 1. The van der Waals surface area contributed by atoms with Crippen LogP contribution >= 0.6 is 28.3 Å². The molecule has 0 aliphatic carbocycles. The monoisotopic (exact) mass is 432 g/mol. The topological polar surface area (TPSA) is 67.4 Å². The van der Waals surface area contributed by atoms with E-state index in [0.717, 1.165) is 18.7 Å². The Hall–Kier alpha value is -1.12. The second-order valence-electron chi connectivity index (χ2n) is 5.33. The van der Waals surface area contributed by atoms with Gasteiger partial charge in [-0.3, -0.25) is 0 Å². The molecule has 1 heterocycles. The molecule has 0 amide bonds. The van der Waals surface area contributed by atoms with Crippen molar-refractivity contribution >= 4 is 38.4 Å². The average molecular weight is 434 g/mol. The van der Waals surface area contributed by atoms with Crippen molar-refractivity contribution in [2.45, 2.75) is 24.5 Å². The highest BCUT2D eigenvalue weighted by molar-refractivity contribution is 9.10. The SMILES string of the molecule is COc1ccc(S(=O)(=O)NCc2ccc3c(c2)CNC3)cc1Br.Cl. The molecule has 130 valence electrons. The summed E-state index contributed by atoms with van der Waals surface area (Å²) in [7, 11) is -2.03. The third kappa shape index (κ3) is 4.10. The fourth-order valence-corrected chi connectivity index (χ4v) is 4.27. The van der Waals surface area contributed by atoms with Crippen molar-refractivity contribution in [2.75, 3.05) is 7.11 Å². The van der Waals surface area contributed by atoms with E-state index in [1.807, 2.05) is 18.2 Å². The van der Waals surface area contributed by atoms with E-state index in [1.165, 1.54) is 30.4 Å². The highest BCUT2D eigenvalue weighted by Crippen LogP contribution is 2.27. The Balaban J connectivity index is 0.00000208. The molecule has 1 aliphatic rings. The van der Waals surface area contributed by atoms with E-state index in [0.29, 0.717) is 10.2 Å². The predicted octanol–water partition coefficient (Wildman–Crippen LogP) is 2.96. The predicted molar refractivity (Wildman–Crippen MR) is 99.0 cm³/mol. The molecule has 2 aromatic rings. The number of ether oxygens (including phenoxy) is 1. The molecule has 2 N–H and O–H groups in total. The lowest BCUT2D eigenvalue weighted by atomic mass is 10.1. The van der Waals surface area contributed by atoms with E-state index in [-0.39, 0.29) is 23.8 Å². The largest absolute Gasteiger partial charge is 0.496 e. The Bertz CT molecular complexity index is 843. The van der Waals surface area contributed by atoms with Gasteiger partial charge in [0, 0.05) is 19.6 Å². The Labute approximate surface area is 156 Å². The molecular formula is C16H18BrClN2O3S. The van der Waals surface area contributed by atoms with Gasteiger partial charge in [0.25, 0.3) is 0 Å². The maximum atomic E-state index is 12.4. The summed E-state index contributed by atoms with van der Waals surface area (Å²) in [4.78, 5) is 0.202. The number of fused-ring (bicyclic) bond motifs is 1. The van der Waals surface area contributed by atoms with Crippen LogP contribution in [-0.4, -0.2) is 15.5 Å². The molecule has 0 atom stereocenters. The maximum Gasteiger partial charge on any atom is 0.240 e. The summed E-state index contributed by atoms with van der Waals surface area (Å²) in [5, 5.41) is 3.27. The molecule has 24 heavy (non-hydrogen) atoms. The number of rotatable bonds is 5. The zero-order chi connectivity index (χ0) is 16.4. The van der Waals surface area contributed by atoms with Crippen molar-refractivity contribution in [3.63, 3.8) is 0 Å². The lowest BCUT2D eigenvalue weighted by Crippen LogP contribution is -2.23. The summed E-state index contributed by atoms with van der Waals surface area (Å²) in [6, 6.07) is 10.7. The van der Waals surface area contributed by atoms with Gasteiger partial charge in [0.15, 0.2) is 0 Å². The molecule has 0 fully saturated rings. The maximum absolute atomic E-state index is 12.4. The Kier molecular flexibility index (Phi) is 6.28. The van der Waals surface area contributed by atoms with Gasteiger partial charge < -0.3 is 10.1 Å². The molecule has 0 aromatic heterocycles. The number of nitrogens with one attached hydrogen (secondary N) is 2. The van der Waals surface area contributed by atoms with Crippen LogP contribution in [0.15, 0.2) is 45.8 Å². The van der Waals surface area contributed by atoms with E-state index < -0.39 is 10.0 Å². The first kappa shape index (κ1) is 19.2. The zero-order valence-electron chi connectivity index (χ0n) is 13.0. The second kappa shape index (κ2) is 7.84. The van der Waals surface area contributed by atoms with E-state index in [4.69, 9.17) is 4.74 Å². The average Bonchev–Trinajstić information content (AvgIpc) is 3.00. The van der Waals surface area contributed by atoms with Gasteiger partial charge in [0.1, 0.15) is 5.75 Å². The third-order valence-corrected chi connectivity index (χ3v) is 5.82. The van der Waals surface area contributed by atoms with Gasteiger partial charge in [0.2, 0.25) is 10.0 Å². The Morgan fingerprint density at radius 1 is 1.17 bits per heavy atom. The summed E-state index contributed by atoms with van der Waals surface area (Å²) in [5.41, 5.74) is 3.45. The zero-order valence-corrected chi connectivity index (χ0v) is 16.2. The van der Waals surface area contributed by atoms with Gasteiger partial charge >= 0.3 is 0 Å². The van der Waals surface area contributed by atoms with Crippen LogP contribution in [0.2, 0.25) is 0 Å². The highest BCUT2D eigenvalue weighted by Gasteiger charge is 2.16. The Morgan fingerprint density at radius 2 is 1.92 bits per heavy atom. The summed E-state index contributed by atoms with van der Waals surface area (Å²) in [5.74, 6) is 0.593. The molecule has 3 rings (SSSR count). The molecule has 0 unspecified atom stereocenters. The number of benzene rings is 2. The lowest BCUT2D eigenvalue weighted by Gasteiger charge is -2.10. The van der Waals surface area contributed by atoms with E-state index >= 15 is 0 Å². The van der Waals surface area contributed by atoms with E-state index in [2.05, 4.69) is 26.0 Å². The first-order chi connectivity index (χ1) is 11.0. The minimum Gasteiger partial charge on any atom is -0.496 e. The van der Waals surface area contributed by atoms with Crippen molar-refractivity contribution in [3.8, 4) is 5.75 Å². The highest BCUT2D eigenvalue weighted by atomic mass is 79.9. The van der Waals surface area contributed by atoms with Gasteiger partial charge in [-0.25, -0.2) is 13.1 Å². The number of sulfonamides is 1. The molecule has 2 aromatic carbocycles. The number of hydrogen-bond donors (Lipinski definition) is 2. The van der Waals surface area contributed by atoms with Gasteiger partial charge in [-0.05, 0) is 50.8 Å². The molecule has 0 spiro atoms. The van der Waals surface area contributed by atoms with E-state index in [9.17, 15) is 8.42 Å². The normalized spacial score (nSPS) is 13.2. The Morgan fingerprint density at radius 3 is 2.62 bits per heavy atom. The molecular weight excluding hydrogens is 416 g/mol. The standard InChI is InChI=1S/C16H17BrN2O3S.ClH/c1-22-16-5-4-14(7-15(16)17)23(20,21)19-8-11-2-3-12-9-18-10-13(12)6-11;/h2-7,18-19H,8-10H2,1H3;1H. The van der Waals surface area contributed by atoms with Crippen LogP contribution in [0.5, 0.6) is 5.75 Å². The van der Waals surface area contributed by atoms with Crippen molar-refractivity contribution < 1.29 is 13.2 Å². The van der Waals surface area contributed by atoms with Crippen LogP contribution in [-0.2, 0) is 29.7 Å². The van der Waals surface area contributed by atoms with Crippen LogP contribution in [0.3, 0.4) is 0 Å². The molecule has 8 heteroatoms. The second-order valence-corrected chi connectivity index (χ2v) is 7.95. The van der Waals surface area contributed by atoms with Gasteiger partial charge in [0.05, 0.1) is 16.5 Å². The smallest absolute Gasteiger partial charge is 0.240 e. The van der Waals surface area contributed by atoms with Crippen LogP contribution in [0.25, 0.3) is 0 Å². The molecule has 0 saturated carbocycles. The molecule has 5 nitrogen and oxygen atoms in total. The molecule has 0 radical (unpaired) electrons. The summed E-state index contributed by atoms with van der Waals surface area (Å²) in [6.07, 6.45) is 0. The summed E-state index contributed by atoms with van der Waals surface area (Å²) < 4.78 is 33.2. The summed E-state index contributed by atoms with van der Waals surface area (Å²) in [6.45, 7) is 1.97. The quantitative estimate of drug-likeness (QED) is 0.761. The van der Waals surface area contributed by atoms with Crippen LogP contribution < -0.4 is 14.8 Å². The van der Waals surface area contributed by atoms with Crippen molar-refractivity contribution in [2.24, 2.45) is 0 Å². The lowest BCUT2D eigenvalue weighted by molar-refractivity contribution is 0.411. The first-order valence-electron chi connectivity index (χ1n) is 7.14. The molecule has 0 saturated heterocycles. The first-order valence-corrected chi connectivity index (χ1v) is 9.42. The molecule has 0 bridgehead atoms. The molecule has 1 aliphatic heterocycles. The van der Waals surface area contributed by atoms with E-state index in [1.54, 1.807) is 6.07 Å². The van der Waals surface area contributed by atoms with Crippen molar-refractivity contribution in [1.29, 1.82) is 0 Å². The van der Waals surface area contributed by atoms with Crippen LogP contribution in [0.1, 0.15) is 16.7 Å². The minimum atomic E-state index is -3.57. The van der Waals surface area contributed by atoms with Crippen molar-refractivity contribution in [1.82, 2.24) is 10.0 Å². The van der Waals surface area contributed by atoms with Gasteiger partial charge in [-0.1, -0.05) is 18.2 Å². The fraction of sp³-hybridized carbons (Fsp3) is 0.250. The fourth-order valence-electron chi connectivity index (χ4n) is 2.53. The van der Waals surface area contributed by atoms with Crippen molar-refractivity contribution in [3.05, 3.63) is 57.6 Å². The van der Waals surface area contributed by atoms with Crippen LogP contribution in [0.4, 0.5) is 0 Å². The third-order valence-electron chi connectivity index (χ3n) is 3.80.